The molecule has 0 bridgehead atoms. The van der Waals surface area contributed by atoms with Crippen LogP contribution in [0.15, 0.2) is 267 Å². The van der Waals surface area contributed by atoms with Gasteiger partial charge in [0.25, 0.3) is 0 Å². The van der Waals surface area contributed by atoms with Crippen LogP contribution in [-0.4, -0.2) is 0 Å². The van der Waals surface area contributed by atoms with Gasteiger partial charge in [-0.1, -0.05) is 231 Å². The lowest BCUT2D eigenvalue weighted by molar-refractivity contribution is 1.62. The van der Waals surface area contributed by atoms with Gasteiger partial charge in [-0.3, -0.25) is 0 Å². The standard InChI is InChI=1S/C70H44/c1-3-15-45(16-4-1)57-35-37-59(65-33-31-53(43-69(57)65)67-41-49-19-7-9-21-55(49)61-23-11-13-25-63(61)67)51-29-27-48-40-52(30-28-47(48)39-51)60-38-36-58(46-17-5-2-6-18-46)70-44-54(32-34-66(60)70)68-42-50-20-8-10-22-56(50)62-24-12-14-26-64(62)68/h1-44H. The lowest BCUT2D eigenvalue weighted by Gasteiger charge is -2.17. The molecule has 0 aromatic heterocycles. The van der Waals surface area contributed by atoms with Gasteiger partial charge in [0.05, 0.1) is 0 Å². The SMILES string of the molecule is c1ccc(-c2ccc(-c3ccc4cc(-c5ccc(-c6ccccc6)c6cc(-c7cc8ccccc8c8ccccc78)ccc56)ccc4c3)c3ccc(-c4cc5ccccc5c5ccccc45)cc23)cc1. The second kappa shape index (κ2) is 16.3. The number of rotatable bonds is 6. The molecule has 0 aliphatic rings. The fourth-order valence-corrected chi connectivity index (χ4v) is 11.4. The van der Waals surface area contributed by atoms with Gasteiger partial charge in [-0.05, 0) is 179 Å². The molecule has 14 aromatic rings. The van der Waals surface area contributed by atoms with Gasteiger partial charge in [-0.15, -0.1) is 0 Å². The van der Waals surface area contributed by atoms with Crippen molar-refractivity contribution >= 4 is 75.4 Å². The first-order valence-corrected chi connectivity index (χ1v) is 24.3. The van der Waals surface area contributed by atoms with Crippen LogP contribution in [0.1, 0.15) is 0 Å². The van der Waals surface area contributed by atoms with E-state index in [1.54, 1.807) is 0 Å². The highest BCUT2D eigenvalue weighted by molar-refractivity contribution is 6.17. The minimum Gasteiger partial charge on any atom is -0.0622 e. The monoisotopic (exact) mass is 884 g/mol. The lowest BCUT2D eigenvalue weighted by Crippen LogP contribution is -1.90. The maximum Gasteiger partial charge on any atom is -0.00930 e. The summed E-state index contributed by atoms with van der Waals surface area (Å²) in [5, 5.41) is 17.6. The zero-order chi connectivity index (χ0) is 46.1. The molecule has 0 aliphatic carbocycles. The van der Waals surface area contributed by atoms with E-state index >= 15 is 0 Å². The minimum atomic E-state index is 1.21. The first kappa shape index (κ1) is 40.0. The molecule has 0 heterocycles. The molecule has 0 radical (unpaired) electrons. The molecule has 0 N–H and O–H groups in total. The molecule has 14 rings (SSSR count). The Bertz CT molecular complexity index is 4100. The maximum atomic E-state index is 2.42. The van der Waals surface area contributed by atoms with Crippen LogP contribution in [0.5, 0.6) is 0 Å². The van der Waals surface area contributed by atoms with E-state index < -0.39 is 0 Å². The van der Waals surface area contributed by atoms with Crippen LogP contribution in [0.3, 0.4) is 0 Å². The first-order chi connectivity index (χ1) is 34.7. The largest absolute Gasteiger partial charge is 0.0622 e. The number of hydrogen-bond donors (Lipinski definition) is 0. The predicted molar refractivity (Wildman–Crippen MR) is 302 cm³/mol. The Morgan fingerprint density at radius 2 is 0.443 bits per heavy atom. The van der Waals surface area contributed by atoms with Gasteiger partial charge in [0, 0.05) is 0 Å². The fraction of sp³-hybridized carbons (Fsp3) is 0. The van der Waals surface area contributed by atoms with E-state index in [1.807, 2.05) is 0 Å². The van der Waals surface area contributed by atoms with E-state index in [0.717, 1.165) is 0 Å². The van der Waals surface area contributed by atoms with Crippen molar-refractivity contribution in [2.24, 2.45) is 0 Å². The molecule has 0 spiro atoms. The van der Waals surface area contributed by atoms with E-state index in [1.165, 1.54) is 142 Å². The Morgan fingerprint density at radius 3 is 0.871 bits per heavy atom. The van der Waals surface area contributed by atoms with Gasteiger partial charge in [-0.25, -0.2) is 0 Å². The Morgan fingerprint density at radius 1 is 0.129 bits per heavy atom. The molecule has 0 fully saturated rings. The molecular formula is C70H44. The molecule has 0 heteroatoms. The fourth-order valence-electron chi connectivity index (χ4n) is 11.4. The molecule has 0 saturated carbocycles. The molecule has 70 heavy (non-hydrogen) atoms. The van der Waals surface area contributed by atoms with Crippen LogP contribution in [0, 0.1) is 0 Å². The van der Waals surface area contributed by atoms with Gasteiger partial charge in [-0.2, -0.15) is 0 Å². The quantitative estimate of drug-likeness (QED) is 0.146. The smallest absolute Gasteiger partial charge is 0.00930 e. The Balaban J connectivity index is 0.889. The normalized spacial score (nSPS) is 11.7. The van der Waals surface area contributed by atoms with Crippen molar-refractivity contribution in [1.82, 2.24) is 0 Å². The van der Waals surface area contributed by atoms with Crippen molar-refractivity contribution < 1.29 is 0 Å². The third kappa shape index (κ3) is 6.61. The molecule has 0 unspecified atom stereocenters. The van der Waals surface area contributed by atoms with Gasteiger partial charge in [0.15, 0.2) is 0 Å². The minimum absolute atomic E-state index is 1.21. The van der Waals surface area contributed by atoms with Crippen molar-refractivity contribution in [3.05, 3.63) is 267 Å². The van der Waals surface area contributed by atoms with Crippen LogP contribution in [0.4, 0.5) is 0 Å². The van der Waals surface area contributed by atoms with Crippen LogP contribution in [0.2, 0.25) is 0 Å². The second-order valence-electron chi connectivity index (χ2n) is 18.7. The molecule has 0 amide bonds. The van der Waals surface area contributed by atoms with Crippen molar-refractivity contribution in [1.29, 1.82) is 0 Å². The van der Waals surface area contributed by atoms with E-state index in [2.05, 4.69) is 267 Å². The van der Waals surface area contributed by atoms with Gasteiger partial charge < -0.3 is 0 Å². The Hall–Kier alpha value is -9.10. The van der Waals surface area contributed by atoms with Crippen molar-refractivity contribution in [3.8, 4) is 66.8 Å². The second-order valence-corrected chi connectivity index (χ2v) is 18.7. The summed E-state index contributed by atoms with van der Waals surface area (Å²) in [5.74, 6) is 0. The lowest BCUT2D eigenvalue weighted by atomic mass is 9.87. The number of hydrogen-bond acceptors (Lipinski definition) is 0. The summed E-state index contributed by atoms with van der Waals surface area (Å²) < 4.78 is 0. The third-order valence-electron chi connectivity index (χ3n) is 14.8. The molecular weight excluding hydrogens is 841 g/mol. The summed E-state index contributed by atoms with van der Waals surface area (Å²) in [7, 11) is 0. The van der Waals surface area contributed by atoms with E-state index in [-0.39, 0.29) is 0 Å². The summed E-state index contributed by atoms with van der Waals surface area (Å²) in [6, 6.07) is 99.0. The summed E-state index contributed by atoms with van der Waals surface area (Å²) in [6.45, 7) is 0. The van der Waals surface area contributed by atoms with Crippen LogP contribution in [-0.2, 0) is 0 Å². The van der Waals surface area contributed by atoms with Crippen molar-refractivity contribution in [3.63, 3.8) is 0 Å². The molecule has 0 nitrogen and oxygen atoms in total. The van der Waals surface area contributed by atoms with E-state index in [9.17, 15) is 0 Å². The summed E-state index contributed by atoms with van der Waals surface area (Å²) >= 11 is 0. The zero-order valence-electron chi connectivity index (χ0n) is 38.4. The average Bonchev–Trinajstić information content (AvgIpc) is 3.44. The topological polar surface area (TPSA) is 0 Å². The first-order valence-electron chi connectivity index (χ1n) is 24.3. The number of fused-ring (bicyclic) bond motifs is 9. The predicted octanol–water partition coefficient (Wildman–Crippen LogP) is 19.8. The van der Waals surface area contributed by atoms with Gasteiger partial charge >= 0.3 is 0 Å². The molecule has 0 aliphatic heterocycles. The summed E-state index contributed by atoms with van der Waals surface area (Å²) in [5.41, 5.74) is 14.7. The summed E-state index contributed by atoms with van der Waals surface area (Å²) in [6.07, 6.45) is 0. The van der Waals surface area contributed by atoms with Crippen LogP contribution in [0.25, 0.3) is 142 Å². The molecule has 14 aromatic carbocycles. The Kier molecular flexibility index (Phi) is 9.32. The third-order valence-corrected chi connectivity index (χ3v) is 14.8. The van der Waals surface area contributed by atoms with E-state index in [4.69, 9.17) is 0 Å². The molecule has 324 valence electrons. The number of benzene rings is 14. The van der Waals surface area contributed by atoms with Crippen LogP contribution >= 0.6 is 0 Å². The van der Waals surface area contributed by atoms with Gasteiger partial charge in [0.1, 0.15) is 0 Å². The zero-order valence-corrected chi connectivity index (χ0v) is 38.4. The Labute approximate surface area is 407 Å². The molecule has 0 atom stereocenters. The van der Waals surface area contributed by atoms with Gasteiger partial charge in [0.2, 0.25) is 0 Å². The average molecular weight is 885 g/mol. The summed E-state index contributed by atoms with van der Waals surface area (Å²) in [4.78, 5) is 0. The highest BCUT2D eigenvalue weighted by atomic mass is 14.2. The van der Waals surface area contributed by atoms with Crippen LogP contribution < -0.4 is 0 Å². The van der Waals surface area contributed by atoms with Crippen molar-refractivity contribution in [2.45, 2.75) is 0 Å². The maximum absolute atomic E-state index is 2.42. The molecule has 0 saturated heterocycles. The highest BCUT2D eigenvalue weighted by Crippen LogP contribution is 2.44. The van der Waals surface area contributed by atoms with E-state index in [0.29, 0.717) is 0 Å². The van der Waals surface area contributed by atoms with Crippen molar-refractivity contribution in [2.75, 3.05) is 0 Å². The highest BCUT2D eigenvalue weighted by Gasteiger charge is 2.17.